The summed E-state index contributed by atoms with van der Waals surface area (Å²) in [5, 5.41) is 4.92. The van der Waals surface area contributed by atoms with Crippen LogP contribution in [0.25, 0.3) is 49.0 Å². The van der Waals surface area contributed by atoms with Crippen molar-refractivity contribution >= 4 is 49.4 Å². The molecule has 9 heteroatoms. The van der Waals surface area contributed by atoms with Crippen LogP contribution < -0.4 is 10.9 Å². The molecule has 1 atom stereocenters. The summed E-state index contributed by atoms with van der Waals surface area (Å²) >= 11 is 1.46. The number of benzene rings is 2. The first-order valence-corrected chi connectivity index (χ1v) is 12.9. The average Bonchev–Trinajstić information content (AvgIpc) is 3.63. The molecule has 0 saturated carbocycles. The van der Waals surface area contributed by atoms with Gasteiger partial charge in [-0.05, 0) is 42.1 Å². The summed E-state index contributed by atoms with van der Waals surface area (Å²) in [4.78, 5) is 32.8. The van der Waals surface area contributed by atoms with Crippen LogP contribution in [0.5, 0.6) is 0 Å². The normalized spacial score (nSPS) is 12.3. The van der Waals surface area contributed by atoms with Crippen molar-refractivity contribution in [3.8, 4) is 16.8 Å². The number of rotatable bonds is 5. The quantitative estimate of drug-likeness (QED) is 0.284. The summed E-state index contributed by atoms with van der Waals surface area (Å²) in [6.45, 7) is 2.01. The topological polar surface area (TPSA) is 98.7 Å². The van der Waals surface area contributed by atoms with E-state index in [0.29, 0.717) is 22.3 Å². The molecule has 2 aromatic carbocycles. The van der Waals surface area contributed by atoms with Gasteiger partial charge in [0.25, 0.3) is 5.56 Å². The number of furan rings is 1. The van der Waals surface area contributed by atoms with Gasteiger partial charge in [0.1, 0.15) is 22.2 Å². The lowest BCUT2D eigenvalue weighted by atomic mass is 9.98. The zero-order valence-corrected chi connectivity index (χ0v) is 21.0. The van der Waals surface area contributed by atoms with Crippen LogP contribution in [0.15, 0.2) is 100 Å². The van der Waals surface area contributed by atoms with Crippen molar-refractivity contribution in [3.63, 3.8) is 0 Å². The maximum atomic E-state index is 14.3. The Kier molecular flexibility index (Phi) is 5.22. The highest BCUT2D eigenvalue weighted by atomic mass is 32.1. The van der Waals surface area contributed by atoms with Crippen molar-refractivity contribution in [3.05, 3.63) is 107 Å². The Balaban J connectivity index is 1.44. The number of hydrogen-bond donors (Lipinski definition) is 1. The minimum Gasteiger partial charge on any atom is -0.463 e. The smallest absolute Gasteiger partial charge is 0.263 e. The lowest BCUT2D eigenvalue weighted by molar-refractivity contribution is 0.615. The van der Waals surface area contributed by atoms with Gasteiger partial charge in [0.15, 0.2) is 11.4 Å². The molecular formula is C29H20N6O2S. The van der Waals surface area contributed by atoms with E-state index in [4.69, 9.17) is 4.42 Å². The number of para-hydroxylation sites is 1. The van der Waals surface area contributed by atoms with Crippen molar-refractivity contribution in [2.75, 3.05) is 5.32 Å². The predicted molar refractivity (Wildman–Crippen MR) is 150 cm³/mol. The van der Waals surface area contributed by atoms with Gasteiger partial charge >= 0.3 is 0 Å². The summed E-state index contributed by atoms with van der Waals surface area (Å²) in [5.41, 5.74) is 6.99. The summed E-state index contributed by atoms with van der Waals surface area (Å²) in [6, 6.07) is 21.1. The average molecular weight is 517 g/mol. The van der Waals surface area contributed by atoms with Gasteiger partial charge in [-0.25, -0.2) is 15.0 Å². The minimum atomic E-state index is -0.267. The number of aromatic nitrogens is 5. The molecular weight excluding hydrogens is 496 g/mol. The summed E-state index contributed by atoms with van der Waals surface area (Å²) in [5.74, 6) is 0.627. The van der Waals surface area contributed by atoms with E-state index in [9.17, 15) is 4.79 Å². The number of fused-ring (bicyclic) bond motifs is 3. The maximum absolute atomic E-state index is 14.3. The molecule has 184 valence electrons. The van der Waals surface area contributed by atoms with Gasteiger partial charge in [-0.1, -0.05) is 36.4 Å². The van der Waals surface area contributed by atoms with E-state index in [-0.39, 0.29) is 11.6 Å². The third-order valence-corrected chi connectivity index (χ3v) is 7.37. The van der Waals surface area contributed by atoms with Gasteiger partial charge in [-0.2, -0.15) is 0 Å². The second kappa shape index (κ2) is 8.89. The predicted octanol–water partition coefficient (Wildman–Crippen LogP) is 6.37. The van der Waals surface area contributed by atoms with Gasteiger partial charge in [0, 0.05) is 29.2 Å². The van der Waals surface area contributed by atoms with E-state index >= 15 is 0 Å². The fourth-order valence-corrected chi connectivity index (χ4v) is 5.48. The zero-order valence-electron chi connectivity index (χ0n) is 20.2. The third-order valence-electron chi connectivity index (χ3n) is 6.64. The number of thiazole rings is 1. The van der Waals surface area contributed by atoms with Gasteiger partial charge in [0.05, 0.1) is 23.2 Å². The molecule has 5 heterocycles. The molecule has 0 bridgehead atoms. The van der Waals surface area contributed by atoms with Crippen LogP contribution in [0.3, 0.4) is 0 Å². The van der Waals surface area contributed by atoms with Crippen LogP contribution in [0.2, 0.25) is 0 Å². The first-order valence-electron chi connectivity index (χ1n) is 12.1. The molecule has 0 spiro atoms. The zero-order chi connectivity index (χ0) is 25.6. The minimum absolute atomic E-state index is 0.117. The molecule has 8 nitrogen and oxygen atoms in total. The van der Waals surface area contributed by atoms with Crippen LogP contribution in [0.4, 0.5) is 5.82 Å². The number of nitrogens with zero attached hydrogens (tertiary/aromatic N) is 5. The van der Waals surface area contributed by atoms with Gasteiger partial charge < -0.3 is 9.73 Å². The van der Waals surface area contributed by atoms with E-state index < -0.39 is 0 Å². The number of anilines is 1. The molecule has 0 aliphatic carbocycles. The fourth-order valence-electron chi connectivity index (χ4n) is 4.86. The Labute approximate surface area is 220 Å². The SMILES string of the molecule is C[C@H](Nc1ncnc2scnc12)c1cc2cccc(-c3cnc4ccoc4c3)c2c(=O)n1-c1ccccc1. The van der Waals surface area contributed by atoms with E-state index in [2.05, 4.69) is 31.3 Å². The summed E-state index contributed by atoms with van der Waals surface area (Å²) in [6.07, 6.45) is 4.92. The van der Waals surface area contributed by atoms with Crippen molar-refractivity contribution < 1.29 is 4.42 Å². The Morgan fingerprint density at radius 1 is 0.974 bits per heavy atom. The standard InChI is InChI=1S/C29H20N6O2S/c1-17(34-27-26-28(32-15-31-27)38-16-33-26)23-12-18-6-5-9-21(19-13-24-22(30-14-19)10-11-37-24)25(18)29(36)35(23)20-7-3-2-4-8-20/h2-17H,1H3,(H,31,32,34)/t17-/m0/s1. The van der Waals surface area contributed by atoms with E-state index in [1.165, 1.54) is 17.7 Å². The molecule has 38 heavy (non-hydrogen) atoms. The number of nitrogens with one attached hydrogen (secondary N) is 1. The number of hydrogen-bond acceptors (Lipinski definition) is 8. The van der Waals surface area contributed by atoms with Crippen molar-refractivity contribution in [2.45, 2.75) is 13.0 Å². The van der Waals surface area contributed by atoms with Gasteiger partial charge in [0.2, 0.25) is 0 Å². The molecule has 5 aromatic heterocycles. The highest BCUT2D eigenvalue weighted by molar-refractivity contribution is 7.16. The van der Waals surface area contributed by atoms with E-state index in [1.807, 2.05) is 67.6 Å². The summed E-state index contributed by atoms with van der Waals surface area (Å²) in [7, 11) is 0. The van der Waals surface area contributed by atoms with Crippen LogP contribution in [0, 0.1) is 0 Å². The molecule has 7 aromatic rings. The highest BCUT2D eigenvalue weighted by Crippen LogP contribution is 2.32. The second-order valence-electron chi connectivity index (χ2n) is 8.94. The largest absolute Gasteiger partial charge is 0.463 e. The first kappa shape index (κ1) is 22.3. The monoisotopic (exact) mass is 516 g/mol. The third kappa shape index (κ3) is 3.63. The molecule has 0 aliphatic heterocycles. The molecule has 0 saturated heterocycles. The molecule has 1 N–H and O–H groups in total. The van der Waals surface area contributed by atoms with E-state index in [1.54, 1.807) is 22.5 Å². The number of pyridine rings is 2. The van der Waals surface area contributed by atoms with Crippen molar-refractivity contribution in [1.29, 1.82) is 0 Å². The molecule has 0 unspecified atom stereocenters. The van der Waals surface area contributed by atoms with Gasteiger partial charge in [-0.15, -0.1) is 11.3 Å². The maximum Gasteiger partial charge on any atom is 0.263 e. The van der Waals surface area contributed by atoms with Crippen LogP contribution in [0.1, 0.15) is 18.7 Å². The molecule has 0 fully saturated rings. The van der Waals surface area contributed by atoms with Crippen LogP contribution in [-0.4, -0.2) is 24.5 Å². The van der Waals surface area contributed by atoms with Gasteiger partial charge in [-0.3, -0.25) is 14.3 Å². The van der Waals surface area contributed by atoms with Crippen molar-refractivity contribution in [1.82, 2.24) is 24.5 Å². The molecule has 7 rings (SSSR count). The lowest BCUT2D eigenvalue weighted by Gasteiger charge is -2.22. The molecule has 0 radical (unpaired) electrons. The summed E-state index contributed by atoms with van der Waals surface area (Å²) < 4.78 is 7.34. The Morgan fingerprint density at radius 3 is 2.76 bits per heavy atom. The second-order valence-corrected chi connectivity index (χ2v) is 9.77. The Hall–Kier alpha value is -4.89. The highest BCUT2D eigenvalue weighted by Gasteiger charge is 2.20. The lowest BCUT2D eigenvalue weighted by Crippen LogP contribution is -2.26. The Bertz CT molecular complexity index is 2010. The van der Waals surface area contributed by atoms with E-state index in [0.717, 1.165) is 38.2 Å². The first-order chi connectivity index (χ1) is 18.7. The van der Waals surface area contributed by atoms with Crippen LogP contribution >= 0.6 is 11.3 Å². The Morgan fingerprint density at radius 2 is 1.87 bits per heavy atom. The van der Waals surface area contributed by atoms with Crippen molar-refractivity contribution in [2.24, 2.45) is 0 Å². The molecule has 0 amide bonds. The molecule has 0 aliphatic rings. The fraction of sp³-hybridized carbons (Fsp3) is 0.0690. The van der Waals surface area contributed by atoms with Crippen LogP contribution in [-0.2, 0) is 0 Å².